The van der Waals surface area contributed by atoms with Crippen LogP contribution in [0.25, 0.3) is 0 Å². The summed E-state index contributed by atoms with van der Waals surface area (Å²) in [6, 6.07) is 4.11. The van der Waals surface area contributed by atoms with Gasteiger partial charge in [-0.3, -0.25) is 4.98 Å². The van der Waals surface area contributed by atoms with E-state index in [-0.39, 0.29) is 0 Å². The highest BCUT2D eigenvalue weighted by atomic mass is 14.6. The predicted molar refractivity (Wildman–Crippen MR) is 52.1 cm³/mol. The van der Waals surface area contributed by atoms with Gasteiger partial charge in [0.1, 0.15) is 0 Å². The van der Waals surface area contributed by atoms with Crippen LogP contribution in [0.2, 0.25) is 0 Å². The molecule has 0 radical (unpaired) electrons. The number of hydrogen-bond acceptors (Lipinski definition) is 1. The second-order valence-corrected chi connectivity index (χ2v) is 2.99. The third kappa shape index (κ3) is 2.50. The first kappa shape index (κ1) is 8.98. The summed E-state index contributed by atoms with van der Waals surface area (Å²) in [5.41, 5.74) is 1.32. The van der Waals surface area contributed by atoms with Crippen LogP contribution in [0.5, 0.6) is 0 Å². The largest absolute Gasteiger partial charge is 0.264 e. The Balaban J connectivity index is 2.59. The van der Waals surface area contributed by atoms with Gasteiger partial charge in [0.15, 0.2) is 0 Å². The zero-order valence-corrected chi connectivity index (χ0v) is 7.70. The van der Waals surface area contributed by atoms with Crippen LogP contribution in [-0.2, 0) is 0 Å². The zero-order chi connectivity index (χ0) is 8.81. The zero-order valence-electron chi connectivity index (χ0n) is 7.70. The average Bonchev–Trinajstić information content (AvgIpc) is 2.15. The van der Waals surface area contributed by atoms with Gasteiger partial charge in [-0.15, -0.1) is 0 Å². The number of aromatic nitrogens is 1. The Morgan fingerprint density at radius 3 is 3.00 bits per heavy atom. The van der Waals surface area contributed by atoms with Crippen molar-refractivity contribution in [1.29, 1.82) is 0 Å². The molecule has 1 unspecified atom stereocenters. The van der Waals surface area contributed by atoms with E-state index in [1.54, 1.807) is 0 Å². The van der Waals surface area contributed by atoms with E-state index in [1.807, 2.05) is 18.5 Å². The molecule has 1 atom stereocenters. The highest BCUT2D eigenvalue weighted by Crippen LogP contribution is 2.17. The van der Waals surface area contributed by atoms with Crippen molar-refractivity contribution < 1.29 is 0 Å². The first-order valence-electron chi connectivity index (χ1n) is 4.35. The molecule has 0 N–H and O–H groups in total. The quantitative estimate of drug-likeness (QED) is 0.620. The third-order valence-electron chi connectivity index (χ3n) is 1.98. The van der Waals surface area contributed by atoms with Crippen molar-refractivity contribution in [2.24, 2.45) is 0 Å². The topological polar surface area (TPSA) is 12.9 Å². The summed E-state index contributed by atoms with van der Waals surface area (Å²) >= 11 is 0. The summed E-state index contributed by atoms with van der Waals surface area (Å²) in [5, 5.41) is 0. The van der Waals surface area contributed by atoms with E-state index in [9.17, 15) is 0 Å². The Hall–Kier alpha value is -1.11. The molecule has 12 heavy (non-hydrogen) atoms. The number of allylic oxidation sites excluding steroid dienone is 2. The lowest BCUT2D eigenvalue weighted by molar-refractivity contribution is 0.775. The van der Waals surface area contributed by atoms with Crippen LogP contribution in [0.15, 0.2) is 36.7 Å². The predicted octanol–water partition coefficient (Wildman–Crippen LogP) is 3.15. The monoisotopic (exact) mass is 161 g/mol. The summed E-state index contributed by atoms with van der Waals surface area (Å²) in [7, 11) is 0. The van der Waals surface area contributed by atoms with E-state index in [2.05, 4.69) is 37.0 Å². The van der Waals surface area contributed by atoms with Gasteiger partial charge in [-0.1, -0.05) is 25.1 Å². The molecule has 1 heterocycles. The van der Waals surface area contributed by atoms with Crippen molar-refractivity contribution in [2.75, 3.05) is 0 Å². The Labute approximate surface area is 74.2 Å². The normalized spacial score (nSPS) is 13.5. The molecule has 1 aromatic rings. The molecule has 0 aliphatic rings. The van der Waals surface area contributed by atoms with Crippen molar-refractivity contribution in [2.45, 2.75) is 26.2 Å². The minimum Gasteiger partial charge on any atom is -0.264 e. The molecule has 0 saturated carbocycles. The van der Waals surface area contributed by atoms with Gasteiger partial charge in [0, 0.05) is 12.4 Å². The van der Waals surface area contributed by atoms with Gasteiger partial charge < -0.3 is 0 Å². The van der Waals surface area contributed by atoms with Gasteiger partial charge in [0.05, 0.1) is 0 Å². The third-order valence-corrected chi connectivity index (χ3v) is 1.98. The molecule has 0 bridgehead atoms. The SMILES string of the molecule is C/C=C\CC(C)c1cccnc1. The number of pyridine rings is 1. The van der Waals surface area contributed by atoms with E-state index in [0.717, 1.165) is 6.42 Å². The fraction of sp³-hybridized carbons (Fsp3) is 0.364. The highest BCUT2D eigenvalue weighted by molar-refractivity contribution is 5.14. The van der Waals surface area contributed by atoms with Crippen LogP contribution in [-0.4, -0.2) is 4.98 Å². The summed E-state index contributed by atoms with van der Waals surface area (Å²) in [6.45, 7) is 4.27. The number of rotatable bonds is 3. The Kier molecular flexibility index (Phi) is 3.52. The molecule has 0 saturated heterocycles. The Morgan fingerprint density at radius 1 is 1.58 bits per heavy atom. The van der Waals surface area contributed by atoms with Crippen LogP contribution in [0.1, 0.15) is 31.7 Å². The van der Waals surface area contributed by atoms with Crippen LogP contribution in [0.4, 0.5) is 0 Å². The van der Waals surface area contributed by atoms with Crippen molar-refractivity contribution in [1.82, 2.24) is 4.98 Å². The molecule has 64 valence electrons. The van der Waals surface area contributed by atoms with Gasteiger partial charge in [-0.25, -0.2) is 0 Å². The first-order valence-corrected chi connectivity index (χ1v) is 4.35. The standard InChI is InChI=1S/C11H15N/c1-3-4-6-10(2)11-7-5-8-12-9-11/h3-5,7-10H,6H2,1-2H3/b4-3-. The van der Waals surface area contributed by atoms with Crippen molar-refractivity contribution in [3.63, 3.8) is 0 Å². The molecular weight excluding hydrogens is 146 g/mol. The second-order valence-electron chi connectivity index (χ2n) is 2.99. The fourth-order valence-electron chi connectivity index (χ4n) is 1.14. The second kappa shape index (κ2) is 4.70. The molecule has 0 amide bonds. The van der Waals surface area contributed by atoms with Crippen LogP contribution >= 0.6 is 0 Å². The molecule has 0 spiro atoms. The minimum absolute atomic E-state index is 0.579. The smallest absolute Gasteiger partial charge is 0.0302 e. The molecule has 0 fully saturated rings. The number of nitrogens with zero attached hydrogens (tertiary/aromatic N) is 1. The first-order chi connectivity index (χ1) is 5.84. The summed E-state index contributed by atoms with van der Waals surface area (Å²) < 4.78 is 0. The number of hydrogen-bond donors (Lipinski definition) is 0. The van der Waals surface area contributed by atoms with Gasteiger partial charge in [0.2, 0.25) is 0 Å². The lowest BCUT2D eigenvalue weighted by Crippen LogP contribution is -1.91. The van der Waals surface area contributed by atoms with E-state index >= 15 is 0 Å². The maximum absolute atomic E-state index is 4.09. The highest BCUT2D eigenvalue weighted by Gasteiger charge is 2.01. The Bertz CT molecular complexity index is 238. The summed E-state index contributed by atoms with van der Waals surface area (Å²) in [5.74, 6) is 0.579. The maximum atomic E-state index is 4.09. The van der Waals surface area contributed by atoms with Crippen molar-refractivity contribution >= 4 is 0 Å². The maximum Gasteiger partial charge on any atom is 0.0302 e. The molecule has 1 nitrogen and oxygen atoms in total. The van der Waals surface area contributed by atoms with Crippen LogP contribution in [0.3, 0.4) is 0 Å². The molecular formula is C11H15N. The lowest BCUT2D eigenvalue weighted by Gasteiger charge is -2.07. The average molecular weight is 161 g/mol. The van der Waals surface area contributed by atoms with Gasteiger partial charge in [0.25, 0.3) is 0 Å². The lowest BCUT2D eigenvalue weighted by atomic mass is 10.00. The van der Waals surface area contributed by atoms with Gasteiger partial charge in [-0.2, -0.15) is 0 Å². The van der Waals surface area contributed by atoms with Gasteiger partial charge >= 0.3 is 0 Å². The molecule has 0 aliphatic heterocycles. The molecule has 1 rings (SSSR count). The fourth-order valence-corrected chi connectivity index (χ4v) is 1.14. The van der Waals surface area contributed by atoms with Crippen LogP contribution in [0, 0.1) is 0 Å². The summed E-state index contributed by atoms with van der Waals surface area (Å²) in [4.78, 5) is 4.09. The van der Waals surface area contributed by atoms with Crippen molar-refractivity contribution in [3.05, 3.63) is 42.2 Å². The van der Waals surface area contributed by atoms with Gasteiger partial charge in [-0.05, 0) is 30.9 Å². The molecule has 1 aromatic heterocycles. The van der Waals surface area contributed by atoms with E-state index < -0.39 is 0 Å². The molecule has 1 heteroatoms. The molecule has 0 aliphatic carbocycles. The Morgan fingerprint density at radius 2 is 2.42 bits per heavy atom. The minimum atomic E-state index is 0.579. The molecule has 0 aromatic carbocycles. The van der Waals surface area contributed by atoms with Crippen LogP contribution < -0.4 is 0 Å². The van der Waals surface area contributed by atoms with E-state index in [0.29, 0.717) is 5.92 Å². The van der Waals surface area contributed by atoms with E-state index in [1.165, 1.54) is 5.56 Å². The van der Waals surface area contributed by atoms with Crippen molar-refractivity contribution in [3.8, 4) is 0 Å². The van der Waals surface area contributed by atoms with E-state index in [4.69, 9.17) is 0 Å². The summed E-state index contributed by atoms with van der Waals surface area (Å²) in [6.07, 6.45) is 9.13.